The van der Waals surface area contributed by atoms with E-state index in [9.17, 15) is 9.90 Å². The van der Waals surface area contributed by atoms with Gasteiger partial charge in [0.25, 0.3) is 0 Å². The molecule has 0 heterocycles. The molecular weight excluding hydrogens is 290 g/mol. The number of aliphatic hydroxyl groups is 1. The average Bonchev–Trinajstić information content (AvgIpc) is 2.46. The predicted octanol–water partition coefficient (Wildman–Crippen LogP) is 3.03. The Morgan fingerprint density at radius 3 is 2.71 bits per heavy atom. The molecule has 0 radical (unpaired) electrons. The van der Waals surface area contributed by atoms with Crippen molar-refractivity contribution in [1.82, 2.24) is 5.32 Å². The first-order valence-corrected chi connectivity index (χ1v) is 7.37. The summed E-state index contributed by atoms with van der Waals surface area (Å²) in [6, 6.07) is 6.24. The Morgan fingerprint density at radius 2 is 2.10 bits per heavy atom. The van der Waals surface area contributed by atoms with Gasteiger partial charge in [-0.25, -0.2) is 4.79 Å². The van der Waals surface area contributed by atoms with E-state index < -0.39 is 11.6 Å². The van der Waals surface area contributed by atoms with Gasteiger partial charge in [-0.3, -0.25) is 0 Å². The molecule has 0 aromatic heterocycles. The van der Waals surface area contributed by atoms with Gasteiger partial charge in [-0.05, 0) is 31.0 Å². The molecule has 1 aliphatic rings. The molecule has 5 nitrogen and oxygen atoms in total. The van der Waals surface area contributed by atoms with E-state index in [0.29, 0.717) is 16.3 Å². The monoisotopic (exact) mass is 307 g/mol. The van der Waals surface area contributed by atoms with Crippen LogP contribution in [0.5, 0.6) is 0 Å². The summed E-state index contributed by atoms with van der Waals surface area (Å²) in [6.45, 7) is 0.239. The van der Waals surface area contributed by atoms with Crippen molar-refractivity contribution in [3.63, 3.8) is 0 Å². The quantitative estimate of drug-likeness (QED) is 0.802. The molecule has 2 rings (SSSR count). The highest BCUT2D eigenvalue weighted by Gasteiger charge is 2.29. The van der Waals surface area contributed by atoms with Gasteiger partial charge < -0.3 is 15.7 Å². The number of nitriles is 1. The molecule has 6 heteroatoms. The molecule has 1 aromatic rings. The van der Waals surface area contributed by atoms with E-state index in [1.54, 1.807) is 12.1 Å². The Bertz CT molecular complexity index is 563. The zero-order valence-corrected chi connectivity index (χ0v) is 12.4. The van der Waals surface area contributed by atoms with Gasteiger partial charge in [0.05, 0.1) is 16.2 Å². The standard InChI is InChI=1S/C15H18ClN3O2/c16-13-8-12(5-4-11(13)9-17)19-14(20)18-10-15(21)6-2-1-3-7-15/h4-5,8,21H,1-3,6-7,10H2,(H2,18,19,20). The number of halogens is 1. The van der Waals surface area contributed by atoms with Gasteiger partial charge in [0.2, 0.25) is 0 Å². The molecule has 21 heavy (non-hydrogen) atoms. The van der Waals surface area contributed by atoms with Crippen molar-refractivity contribution < 1.29 is 9.90 Å². The number of nitrogens with one attached hydrogen (secondary N) is 2. The van der Waals surface area contributed by atoms with E-state index in [1.807, 2.05) is 6.07 Å². The maximum Gasteiger partial charge on any atom is 0.319 e. The number of hydrogen-bond donors (Lipinski definition) is 3. The number of rotatable bonds is 3. The first-order chi connectivity index (χ1) is 10.0. The molecule has 0 spiro atoms. The molecule has 1 saturated carbocycles. The minimum absolute atomic E-state index is 0.239. The molecular formula is C15H18ClN3O2. The van der Waals surface area contributed by atoms with Crippen LogP contribution in [0.1, 0.15) is 37.7 Å². The fraction of sp³-hybridized carbons (Fsp3) is 0.467. The Labute approximate surface area is 128 Å². The number of benzene rings is 1. The van der Waals surface area contributed by atoms with Crippen LogP contribution in [0.3, 0.4) is 0 Å². The second-order valence-electron chi connectivity index (χ2n) is 5.40. The number of amides is 2. The SMILES string of the molecule is N#Cc1ccc(NC(=O)NCC2(O)CCCCC2)cc1Cl. The maximum absolute atomic E-state index is 11.8. The summed E-state index contributed by atoms with van der Waals surface area (Å²) >= 11 is 5.90. The van der Waals surface area contributed by atoms with Crippen molar-refractivity contribution in [2.24, 2.45) is 0 Å². The zero-order chi connectivity index (χ0) is 15.3. The molecule has 1 aromatic carbocycles. The highest BCUT2D eigenvalue weighted by atomic mass is 35.5. The summed E-state index contributed by atoms with van der Waals surface area (Å²) in [5.41, 5.74) is 0.0732. The number of hydrogen-bond acceptors (Lipinski definition) is 3. The van der Waals surface area contributed by atoms with Crippen LogP contribution in [0.15, 0.2) is 18.2 Å². The van der Waals surface area contributed by atoms with Gasteiger partial charge in [0, 0.05) is 12.2 Å². The summed E-state index contributed by atoms with van der Waals surface area (Å²) < 4.78 is 0. The molecule has 112 valence electrons. The molecule has 1 aliphatic carbocycles. The van der Waals surface area contributed by atoms with Crippen molar-refractivity contribution in [3.8, 4) is 6.07 Å². The summed E-state index contributed by atoms with van der Waals surface area (Å²) in [6.07, 6.45) is 4.56. The Hall–Kier alpha value is -1.77. The summed E-state index contributed by atoms with van der Waals surface area (Å²) in [7, 11) is 0. The highest BCUT2D eigenvalue weighted by Crippen LogP contribution is 2.27. The van der Waals surface area contributed by atoms with Crippen LogP contribution in [-0.4, -0.2) is 23.3 Å². The lowest BCUT2D eigenvalue weighted by molar-refractivity contribution is 0.00755. The van der Waals surface area contributed by atoms with Crippen LogP contribution >= 0.6 is 11.6 Å². The van der Waals surface area contributed by atoms with Gasteiger partial charge in [0.15, 0.2) is 0 Å². The van der Waals surface area contributed by atoms with E-state index in [4.69, 9.17) is 16.9 Å². The molecule has 0 unspecified atom stereocenters. The number of carbonyl (C=O) groups excluding carboxylic acids is 1. The molecule has 1 fully saturated rings. The smallest absolute Gasteiger partial charge is 0.319 e. The normalized spacial score (nSPS) is 16.8. The number of anilines is 1. The Morgan fingerprint density at radius 1 is 1.38 bits per heavy atom. The molecule has 0 saturated heterocycles. The fourth-order valence-corrected chi connectivity index (χ4v) is 2.71. The van der Waals surface area contributed by atoms with Gasteiger partial charge in [-0.15, -0.1) is 0 Å². The minimum atomic E-state index is -0.794. The summed E-state index contributed by atoms with van der Waals surface area (Å²) in [4.78, 5) is 11.8. The maximum atomic E-state index is 11.8. The third-order valence-corrected chi connectivity index (χ3v) is 4.02. The third-order valence-electron chi connectivity index (χ3n) is 3.71. The van der Waals surface area contributed by atoms with Crippen LogP contribution < -0.4 is 10.6 Å². The fourth-order valence-electron chi connectivity index (χ4n) is 2.49. The van der Waals surface area contributed by atoms with E-state index in [0.717, 1.165) is 32.1 Å². The van der Waals surface area contributed by atoms with E-state index in [1.165, 1.54) is 6.07 Å². The molecule has 3 N–H and O–H groups in total. The second-order valence-corrected chi connectivity index (χ2v) is 5.81. The molecule has 0 aliphatic heterocycles. The van der Waals surface area contributed by atoms with Gasteiger partial charge in [0.1, 0.15) is 6.07 Å². The van der Waals surface area contributed by atoms with Gasteiger partial charge >= 0.3 is 6.03 Å². The molecule has 0 bridgehead atoms. The van der Waals surface area contributed by atoms with Crippen LogP contribution in [0.2, 0.25) is 5.02 Å². The minimum Gasteiger partial charge on any atom is -0.388 e. The topological polar surface area (TPSA) is 85.2 Å². The van der Waals surface area contributed by atoms with Crippen molar-refractivity contribution in [2.45, 2.75) is 37.7 Å². The number of nitrogens with zero attached hydrogens (tertiary/aromatic N) is 1. The largest absolute Gasteiger partial charge is 0.388 e. The van der Waals surface area contributed by atoms with E-state index in [-0.39, 0.29) is 6.54 Å². The lowest BCUT2D eigenvalue weighted by Crippen LogP contribution is -2.45. The van der Waals surface area contributed by atoms with Crippen molar-refractivity contribution in [2.75, 3.05) is 11.9 Å². The predicted molar refractivity (Wildman–Crippen MR) is 81.2 cm³/mol. The van der Waals surface area contributed by atoms with E-state index in [2.05, 4.69) is 10.6 Å². The average molecular weight is 308 g/mol. The number of urea groups is 1. The van der Waals surface area contributed by atoms with Crippen LogP contribution in [0.25, 0.3) is 0 Å². The highest BCUT2D eigenvalue weighted by molar-refractivity contribution is 6.32. The Balaban J connectivity index is 1.87. The van der Waals surface area contributed by atoms with Crippen LogP contribution in [0, 0.1) is 11.3 Å². The van der Waals surface area contributed by atoms with E-state index >= 15 is 0 Å². The van der Waals surface area contributed by atoms with Crippen LogP contribution in [0.4, 0.5) is 10.5 Å². The number of carbonyl (C=O) groups is 1. The summed E-state index contributed by atoms with van der Waals surface area (Å²) in [5.74, 6) is 0. The first-order valence-electron chi connectivity index (χ1n) is 6.99. The van der Waals surface area contributed by atoms with Gasteiger partial charge in [-0.2, -0.15) is 5.26 Å². The zero-order valence-electron chi connectivity index (χ0n) is 11.7. The lowest BCUT2D eigenvalue weighted by atomic mass is 9.85. The first kappa shape index (κ1) is 15.6. The third kappa shape index (κ3) is 4.35. The molecule has 2 amide bonds. The van der Waals surface area contributed by atoms with Crippen molar-refractivity contribution >= 4 is 23.3 Å². The van der Waals surface area contributed by atoms with Crippen molar-refractivity contribution in [1.29, 1.82) is 5.26 Å². The Kier molecular flexibility index (Phi) is 5.05. The van der Waals surface area contributed by atoms with Gasteiger partial charge in [-0.1, -0.05) is 30.9 Å². The summed E-state index contributed by atoms with van der Waals surface area (Å²) in [5, 5.41) is 24.7. The van der Waals surface area contributed by atoms with Crippen molar-refractivity contribution in [3.05, 3.63) is 28.8 Å². The second kappa shape index (κ2) is 6.79. The molecule has 0 atom stereocenters. The van der Waals surface area contributed by atoms with Crippen LogP contribution in [-0.2, 0) is 0 Å². The lowest BCUT2D eigenvalue weighted by Gasteiger charge is -2.32.